The molecule has 0 spiro atoms. The first-order valence-electron chi connectivity index (χ1n) is 9.32. The Balaban J connectivity index is 1.61. The SMILES string of the molecule is Cc1ccc(SCC(=O)Nc2ccc(S(=O)(=O)Nc3cccc(C(F)(F)F)c3)cc2)cc1. The van der Waals surface area contributed by atoms with E-state index in [2.05, 4.69) is 10.0 Å². The van der Waals surface area contributed by atoms with Gasteiger partial charge in [-0.25, -0.2) is 8.42 Å². The van der Waals surface area contributed by atoms with Crippen molar-refractivity contribution in [3.05, 3.63) is 83.9 Å². The van der Waals surface area contributed by atoms with Crippen molar-refractivity contribution in [3.8, 4) is 0 Å². The van der Waals surface area contributed by atoms with Gasteiger partial charge in [0.15, 0.2) is 0 Å². The Bertz CT molecular complexity index is 1190. The number of nitrogens with one attached hydrogen (secondary N) is 2. The van der Waals surface area contributed by atoms with Gasteiger partial charge in [0.25, 0.3) is 10.0 Å². The minimum Gasteiger partial charge on any atom is -0.325 e. The topological polar surface area (TPSA) is 75.3 Å². The molecule has 3 aromatic rings. The van der Waals surface area contributed by atoms with E-state index in [1.165, 1.54) is 42.1 Å². The molecule has 0 atom stereocenters. The summed E-state index contributed by atoms with van der Waals surface area (Å²) >= 11 is 1.37. The van der Waals surface area contributed by atoms with Crippen LogP contribution in [-0.4, -0.2) is 20.1 Å². The van der Waals surface area contributed by atoms with Crippen LogP contribution in [0.15, 0.2) is 82.6 Å². The van der Waals surface area contributed by atoms with E-state index in [1.807, 2.05) is 31.2 Å². The molecule has 3 rings (SSSR count). The second-order valence-corrected chi connectivity index (χ2v) is 9.59. The standard InChI is InChI=1S/C22H19F3N2O3S2/c1-15-5-9-19(10-6-15)31-14-21(28)26-17-7-11-20(12-8-17)32(29,30)27-18-4-2-3-16(13-18)22(23,24)25/h2-13,27H,14H2,1H3,(H,26,28). The smallest absolute Gasteiger partial charge is 0.325 e. The van der Waals surface area contributed by atoms with E-state index < -0.39 is 21.8 Å². The van der Waals surface area contributed by atoms with E-state index in [-0.39, 0.29) is 22.2 Å². The van der Waals surface area contributed by atoms with Gasteiger partial charge in [-0.1, -0.05) is 23.8 Å². The number of hydrogen-bond donors (Lipinski definition) is 2. The van der Waals surface area contributed by atoms with Crippen molar-refractivity contribution in [2.75, 3.05) is 15.8 Å². The van der Waals surface area contributed by atoms with Crippen molar-refractivity contribution in [1.29, 1.82) is 0 Å². The number of amides is 1. The van der Waals surface area contributed by atoms with Gasteiger partial charge in [-0.15, -0.1) is 11.8 Å². The maximum atomic E-state index is 12.8. The summed E-state index contributed by atoms with van der Waals surface area (Å²) in [5, 5.41) is 2.68. The van der Waals surface area contributed by atoms with Crippen LogP contribution in [0.4, 0.5) is 24.5 Å². The van der Waals surface area contributed by atoms with Crippen LogP contribution < -0.4 is 10.0 Å². The van der Waals surface area contributed by atoms with E-state index in [0.29, 0.717) is 5.69 Å². The number of anilines is 2. The van der Waals surface area contributed by atoms with Crippen LogP contribution in [0.5, 0.6) is 0 Å². The molecule has 10 heteroatoms. The Labute approximate surface area is 188 Å². The lowest BCUT2D eigenvalue weighted by Gasteiger charge is -2.12. The van der Waals surface area contributed by atoms with Gasteiger partial charge >= 0.3 is 6.18 Å². The van der Waals surface area contributed by atoms with Crippen molar-refractivity contribution in [3.63, 3.8) is 0 Å². The fourth-order valence-electron chi connectivity index (χ4n) is 2.67. The molecular weight excluding hydrogens is 461 g/mol. The summed E-state index contributed by atoms with van der Waals surface area (Å²) in [5.74, 6) is -0.0755. The molecule has 0 aromatic heterocycles. The Kier molecular flexibility index (Phi) is 7.15. The Morgan fingerprint density at radius 2 is 1.59 bits per heavy atom. The van der Waals surface area contributed by atoms with E-state index in [0.717, 1.165) is 28.7 Å². The highest BCUT2D eigenvalue weighted by molar-refractivity contribution is 8.00. The summed E-state index contributed by atoms with van der Waals surface area (Å²) in [6, 6.07) is 17.0. The quantitative estimate of drug-likeness (QED) is 0.435. The summed E-state index contributed by atoms with van der Waals surface area (Å²) in [7, 11) is -4.10. The number of aryl methyl sites for hydroxylation is 1. The Morgan fingerprint density at radius 1 is 0.938 bits per heavy atom. The normalized spacial score (nSPS) is 11.8. The number of carbonyl (C=O) groups is 1. The van der Waals surface area contributed by atoms with Crippen molar-refractivity contribution in [2.45, 2.75) is 22.9 Å². The zero-order valence-electron chi connectivity index (χ0n) is 16.8. The fourth-order valence-corrected chi connectivity index (χ4v) is 4.42. The molecule has 0 heterocycles. The van der Waals surface area contributed by atoms with Gasteiger partial charge in [0.1, 0.15) is 0 Å². The molecule has 0 bridgehead atoms. The summed E-state index contributed by atoms with van der Waals surface area (Å²) in [4.78, 5) is 12.9. The third-order valence-electron chi connectivity index (χ3n) is 4.28. The highest BCUT2D eigenvalue weighted by Gasteiger charge is 2.30. The number of hydrogen-bond acceptors (Lipinski definition) is 4. The fraction of sp³-hybridized carbons (Fsp3) is 0.136. The van der Waals surface area contributed by atoms with E-state index in [9.17, 15) is 26.4 Å². The Morgan fingerprint density at radius 3 is 2.22 bits per heavy atom. The molecule has 3 aromatic carbocycles. The van der Waals surface area contributed by atoms with Gasteiger partial charge in [-0.2, -0.15) is 13.2 Å². The number of alkyl halides is 3. The van der Waals surface area contributed by atoms with Crippen molar-refractivity contribution in [1.82, 2.24) is 0 Å². The molecule has 2 N–H and O–H groups in total. The molecule has 0 saturated heterocycles. The van der Waals surface area contributed by atoms with Gasteiger partial charge in [-0.3, -0.25) is 9.52 Å². The lowest BCUT2D eigenvalue weighted by Crippen LogP contribution is -2.15. The predicted octanol–water partition coefficient (Wildman–Crippen LogP) is 5.55. The number of thioether (sulfide) groups is 1. The monoisotopic (exact) mass is 480 g/mol. The number of sulfonamides is 1. The lowest BCUT2D eigenvalue weighted by molar-refractivity contribution is -0.137. The average molecular weight is 481 g/mol. The molecule has 5 nitrogen and oxygen atoms in total. The predicted molar refractivity (Wildman–Crippen MR) is 119 cm³/mol. The largest absolute Gasteiger partial charge is 0.416 e. The molecule has 1 amide bonds. The number of rotatable bonds is 7. The first-order valence-corrected chi connectivity index (χ1v) is 11.8. The maximum absolute atomic E-state index is 12.8. The van der Waals surface area contributed by atoms with Gasteiger partial charge < -0.3 is 5.32 Å². The van der Waals surface area contributed by atoms with E-state index in [1.54, 1.807) is 0 Å². The van der Waals surface area contributed by atoms with Crippen molar-refractivity contribution in [2.24, 2.45) is 0 Å². The summed E-state index contributed by atoms with van der Waals surface area (Å²) in [5.41, 5.74) is 0.360. The number of benzene rings is 3. The highest BCUT2D eigenvalue weighted by atomic mass is 32.2. The molecule has 0 aliphatic heterocycles. The molecule has 0 fully saturated rings. The molecule has 0 aliphatic carbocycles. The number of carbonyl (C=O) groups excluding carboxylic acids is 1. The van der Waals surface area contributed by atoms with Gasteiger partial charge in [0, 0.05) is 16.3 Å². The molecule has 168 valence electrons. The van der Waals surface area contributed by atoms with Crippen LogP contribution in [0.1, 0.15) is 11.1 Å². The lowest BCUT2D eigenvalue weighted by atomic mass is 10.2. The molecule has 0 aliphatic rings. The van der Waals surface area contributed by atoms with Crippen LogP contribution in [0, 0.1) is 6.92 Å². The summed E-state index contributed by atoms with van der Waals surface area (Å²) < 4.78 is 65.6. The van der Waals surface area contributed by atoms with Crippen LogP contribution in [0.2, 0.25) is 0 Å². The minimum absolute atomic E-state index is 0.151. The van der Waals surface area contributed by atoms with Gasteiger partial charge in [-0.05, 0) is 61.5 Å². The molecule has 0 radical (unpaired) electrons. The van der Waals surface area contributed by atoms with E-state index in [4.69, 9.17) is 0 Å². The molecule has 0 saturated carbocycles. The average Bonchev–Trinajstić information content (AvgIpc) is 2.73. The molecular formula is C22H19F3N2O3S2. The first kappa shape index (κ1) is 23.7. The Hall–Kier alpha value is -2.98. The van der Waals surface area contributed by atoms with Crippen LogP contribution in [-0.2, 0) is 21.0 Å². The van der Waals surface area contributed by atoms with Crippen LogP contribution in [0.3, 0.4) is 0 Å². The highest BCUT2D eigenvalue weighted by Crippen LogP contribution is 2.31. The second kappa shape index (κ2) is 9.66. The third-order valence-corrected chi connectivity index (χ3v) is 6.69. The zero-order chi connectivity index (χ0) is 23.4. The van der Waals surface area contributed by atoms with Crippen molar-refractivity contribution < 1.29 is 26.4 Å². The van der Waals surface area contributed by atoms with Crippen molar-refractivity contribution >= 4 is 39.1 Å². The summed E-state index contributed by atoms with van der Waals surface area (Å²) in [6.45, 7) is 1.97. The molecule has 32 heavy (non-hydrogen) atoms. The second-order valence-electron chi connectivity index (χ2n) is 6.86. The van der Waals surface area contributed by atoms with Crippen LogP contribution >= 0.6 is 11.8 Å². The number of halogens is 3. The van der Waals surface area contributed by atoms with Crippen LogP contribution in [0.25, 0.3) is 0 Å². The van der Waals surface area contributed by atoms with E-state index >= 15 is 0 Å². The van der Waals surface area contributed by atoms with Gasteiger partial charge in [0.2, 0.25) is 5.91 Å². The zero-order valence-corrected chi connectivity index (χ0v) is 18.4. The minimum atomic E-state index is -4.58. The maximum Gasteiger partial charge on any atom is 0.416 e. The summed E-state index contributed by atoms with van der Waals surface area (Å²) in [6.07, 6.45) is -4.58. The third kappa shape index (κ3) is 6.51. The van der Waals surface area contributed by atoms with Gasteiger partial charge in [0.05, 0.1) is 16.2 Å². The first-order chi connectivity index (χ1) is 15.0. The molecule has 0 unspecified atom stereocenters.